The normalized spacial score (nSPS) is 26.6. The number of hydrogen-bond acceptors (Lipinski definition) is 14. The van der Waals surface area contributed by atoms with E-state index in [1.807, 2.05) is 97.1 Å². The van der Waals surface area contributed by atoms with Crippen LogP contribution in [-0.4, -0.2) is 54.9 Å². The molecule has 4 aromatic rings. The van der Waals surface area contributed by atoms with E-state index >= 15 is 0 Å². The first-order valence-corrected chi connectivity index (χ1v) is 29.9. The minimum Gasteiger partial charge on any atom is -0.497 e. The lowest BCUT2D eigenvalue weighted by Gasteiger charge is -2.25. The van der Waals surface area contributed by atoms with E-state index in [1.54, 1.807) is 28.4 Å². The first-order valence-electron chi connectivity index (χ1n) is 15.0. The molecular formula is C32H36O8P4S6. The van der Waals surface area contributed by atoms with Crippen molar-refractivity contribution in [3.05, 3.63) is 97.1 Å². The predicted molar refractivity (Wildman–Crippen MR) is 227 cm³/mol. The average molecular weight is 865 g/mol. The first-order chi connectivity index (χ1) is 24.0. The molecule has 6 rings (SSSR count). The molecule has 0 saturated carbocycles. The molecule has 0 spiro atoms. The maximum Gasteiger partial charge on any atom is 0.155 e. The zero-order chi connectivity index (χ0) is 35.8. The van der Waals surface area contributed by atoms with E-state index in [-0.39, 0.29) is 0 Å². The van der Waals surface area contributed by atoms with Gasteiger partial charge >= 0.3 is 0 Å². The molecule has 4 atom stereocenters. The smallest absolute Gasteiger partial charge is 0.155 e. The van der Waals surface area contributed by atoms with Crippen molar-refractivity contribution in [1.82, 2.24) is 0 Å². The molecule has 50 heavy (non-hydrogen) atoms. The summed E-state index contributed by atoms with van der Waals surface area (Å²) in [6.45, 7) is 1.80. The molecule has 2 aliphatic heterocycles. The maximum absolute atomic E-state index is 6.07. The van der Waals surface area contributed by atoms with E-state index in [0.29, 0.717) is 26.4 Å². The molecular weight excluding hydrogens is 829 g/mol. The van der Waals surface area contributed by atoms with Crippen LogP contribution in [0.1, 0.15) is 0 Å². The van der Waals surface area contributed by atoms with Crippen molar-refractivity contribution in [2.24, 2.45) is 0 Å². The molecule has 268 valence electrons. The number of methoxy groups -OCH3 is 4. The Hall–Kier alpha value is -0.780. The van der Waals surface area contributed by atoms with Gasteiger partial charge in [-0.3, -0.25) is 0 Å². The number of hydrogen-bond donors (Lipinski definition) is 0. The van der Waals surface area contributed by atoms with Crippen LogP contribution in [0.25, 0.3) is 0 Å². The molecule has 0 amide bonds. The predicted octanol–water partition coefficient (Wildman–Crippen LogP) is 8.11. The fraction of sp³-hybridized carbons (Fsp3) is 0.250. The molecule has 0 aliphatic carbocycles. The Morgan fingerprint density at radius 1 is 0.380 bits per heavy atom. The molecule has 0 bridgehead atoms. The van der Waals surface area contributed by atoms with Gasteiger partial charge in [-0.25, -0.2) is 0 Å². The molecule has 2 aliphatic rings. The minimum absolute atomic E-state index is 0.449. The lowest BCUT2D eigenvalue weighted by Crippen LogP contribution is -2.06. The highest BCUT2D eigenvalue weighted by Gasteiger charge is 2.37. The largest absolute Gasteiger partial charge is 0.497 e. The SMILES string of the molecule is COc1ccc([P@@]2(=S)OCCO[P@](=S)(c3ccc(OC)cc3)S2)cc1.COc1ccc([P@]2(=S)OCCO[P@@](=S)(c3ccc(OC)cc3)S2)cc1. The van der Waals surface area contributed by atoms with Gasteiger partial charge in [0.05, 0.1) is 54.9 Å². The van der Waals surface area contributed by atoms with Gasteiger partial charge in [-0.1, -0.05) is 47.2 Å². The second kappa shape index (κ2) is 18.0. The Kier molecular flexibility index (Phi) is 14.6. The van der Waals surface area contributed by atoms with Crippen LogP contribution in [0.4, 0.5) is 0 Å². The zero-order valence-electron chi connectivity index (χ0n) is 27.6. The van der Waals surface area contributed by atoms with Gasteiger partial charge in [0.15, 0.2) is 21.9 Å². The fourth-order valence-corrected chi connectivity index (χ4v) is 40.3. The molecule has 0 N–H and O–H groups in total. The maximum atomic E-state index is 6.07. The van der Waals surface area contributed by atoms with Crippen molar-refractivity contribution >= 4 is 112 Å². The summed E-state index contributed by atoms with van der Waals surface area (Å²) >= 11 is 26.8. The van der Waals surface area contributed by atoms with Crippen LogP contribution in [0.3, 0.4) is 0 Å². The summed E-state index contributed by atoms with van der Waals surface area (Å²) in [4.78, 5) is 0. The van der Waals surface area contributed by atoms with Crippen LogP contribution in [-0.2, 0) is 65.3 Å². The monoisotopic (exact) mass is 864 g/mol. The highest BCUT2D eigenvalue weighted by atomic mass is 33.2. The Bertz CT molecular complexity index is 1650. The van der Waals surface area contributed by atoms with E-state index in [1.165, 1.54) is 22.0 Å². The average Bonchev–Trinajstić information content (AvgIpc) is 3.43. The van der Waals surface area contributed by atoms with Crippen LogP contribution >= 0.6 is 43.9 Å². The molecule has 18 heteroatoms. The highest BCUT2D eigenvalue weighted by molar-refractivity contribution is 9.00. The lowest BCUT2D eigenvalue weighted by atomic mass is 10.3. The van der Waals surface area contributed by atoms with Gasteiger partial charge in [0, 0.05) is 21.2 Å². The summed E-state index contributed by atoms with van der Waals surface area (Å²) < 4.78 is 45.2. The molecule has 2 heterocycles. The number of ether oxygens (including phenoxy) is 4. The van der Waals surface area contributed by atoms with Crippen molar-refractivity contribution in [3.63, 3.8) is 0 Å². The molecule has 8 nitrogen and oxygen atoms in total. The van der Waals surface area contributed by atoms with Gasteiger partial charge in [0.2, 0.25) is 0 Å². The van der Waals surface area contributed by atoms with Crippen LogP contribution in [0.5, 0.6) is 23.0 Å². The summed E-state index contributed by atoms with van der Waals surface area (Å²) in [5.41, 5.74) is -9.45. The minimum atomic E-state index is -2.36. The standard InChI is InChI=1S/2C16H18O4P2S3/c2*1-17-13-3-7-15(8-4-13)21(23)19-11-12-20-22(24,25-21)16-9-5-14(18-2)6-10-16/h2*3-10H,11-12H2,1-2H3/t2*21-,22-/m10/s1. The van der Waals surface area contributed by atoms with Gasteiger partial charge in [0.1, 0.15) is 23.0 Å². The summed E-state index contributed by atoms with van der Waals surface area (Å²) in [5, 5.41) is 3.89. The molecule has 0 aromatic heterocycles. The van der Waals surface area contributed by atoms with Crippen LogP contribution in [0, 0.1) is 0 Å². The third-order valence-electron chi connectivity index (χ3n) is 7.20. The van der Waals surface area contributed by atoms with E-state index in [9.17, 15) is 0 Å². The van der Waals surface area contributed by atoms with Crippen LogP contribution in [0.2, 0.25) is 0 Å². The Morgan fingerprint density at radius 3 is 0.720 bits per heavy atom. The Balaban J connectivity index is 0.000000194. The van der Waals surface area contributed by atoms with Gasteiger partial charge in [0.25, 0.3) is 0 Å². The van der Waals surface area contributed by atoms with Crippen LogP contribution < -0.4 is 40.2 Å². The van der Waals surface area contributed by atoms with Crippen molar-refractivity contribution in [3.8, 4) is 23.0 Å². The van der Waals surface area contributed by atoms with E-state index in [4.69, 9.17) is 84.3 Å². The van der Waals surface area contributed by atoms with Gasteiger partial charge in [-0.05, 0) is 119 Å². The summed E-state index contributed by atoms with van der Waals surface area (Å²) in [7, 11) is 6.56. The van der Waals surface area contributed by atoms with Crippen molar-refractivity contribution in [2.45, 2.75) is 0 Å². The van der Waals surface area contributed by atoms with Gasteiger partial charge in [-0.2, -0.15) is 0 Å². The summed E-state index contributed by atoms with van der Waals surface area (Å²) in [5.74, 6) is 3.15. The Labute approximate surface area is 321 Å². The van der Waals surface area contributed by atoms with Crippen molar-refractivity contribution in [2.75, 3.05) is 54.9 Å². The van der Waals surface area contributed by atoms with Crippen molar-refractivity contribution < 1.29 is 37.0 Å². The molecule has 4 aromatic carbocycles. The zero-order valence-corrected chi connectivity index (χ0v) is 36.0. The number of benzene rings is 4. The second-order valence-electron chi connectivity index (χ2n) is 10.3. The van der Waals surface area contributed by atoms with E-state index < -0.39 is 21.9 Å². The van der Waals surface area contributed by atoms with Gasteiger partial charge in [-0.15, -0.1) is 0 Å². The fourth-order valence-electron chi connectivity index (χ4n) is 4.55. The Morgan fingerprint density at radius 2 is 0.560 bits per heavy atom. The van der Waals surface area contributed by atoms with E-state index in [2.05, 4.69) is 0 Å². The molecule has 0 unspecified atom stereocenters. The van der Waals surface area contributed by atoms with Crippen molar-refractivity contribution in [1.29, 1.82) is 0 Å². The molecule has 2 fully saturated rings. The third kappa shape index (κ3) is 9.85. The topological polar surface area (TPSA) is 73.8 Å². The summed E-state index contributed by atoms with van der Waals surface area (Å²) in [6.07, 6.45) is 0. The first kappa shape index (κ1) is 40.4. The number of rotatable bonds is 8. The van der Waals surface area contributed by atoms with E-state index in [0.717, 1.165) is 44.2 Å². The van der Waals surface area contributed by atoms with Gasteiger partial charge < -0.3 is 37.0 Å². The second-order valence-corrected chi connectivity index (χ2v) is 36.7. The summed E-state index contributed by atoms with van der Waals surface area (Å²) in [6, 6.07) is 30.9. The quantitative estimate of drug-likeness (QED) is 0.160. The van der Waals surface area contributed by atoms with Crippen LogP contribution in [0.15, 0.2) is 97.1 Å². The third-order valence-corrected chi connectivity index (χ3v) is 39.0. The lowest BCUT2D eigenvalue weighted by molar-refractivity contribution is 0.258. The molecule has 2 saturated heterocycles. The highest BCUT2D eigenvalue weighted by Crippen LogP contribution is 2.79. The molecule has 0 radical (unpaired) electrons.